The summed E-state index contributed by atoms with van der Waals surface area (Å²) >= 11 is 0. The summed E-state index contributed by atoms with van der Waals surface area (Å²) in [6.07, 6.45) is 0. The first-order valence-electron chi connectivity index (χ1n) is 6.78. The van der Waals surface area contributed by atoms with Crippen LogP contribution in [0.3, 0.4) is 0 Å². The Morgan fingerprint density at radius 1 is 1.33 bits per heavy atom. The molecule has 1 aromatic heterocycles. The van der Waals surface area contributed by atoms with Gasteiger partial charge in [0.1, 0.15) is 0 Å². The number of ether oxygens (including phenoxy) is 1. The van der Waals surface area contributed by atoms with E-state index in [-0.39, 0.29) is 17.7 Å². The lowest BCUT2D eigenvalue weighted by Crippen LogP contribution is -2.31. The Morgan fingerprint density at radius 3 is 2.67 bits per heavy atom. The average molecular weight is 289 g/mol. The third-order valence-corrected chi connectivity index (χ3v) is 3.35. The van der Waals surface area contributed by atoms with Crippen LogP contribution in [0.15, 0.2) is 24.3 Å². The van der Waals surface area contributed by atoms with E-state index in [1.165, 1.54) is 0 Å². The van der Waals surface area contributed by atoms with E-state index in [9.17, 15) is 9.90 Å². The second-order valence-corrected chi connectivity index (χ2v) is 5.20. The Balaban J connectivity index is 2.53. The monoisotopic (exact) mass is 289 g/mol. The van der Waals surface area contributed by atoms with E-state index < -0.39 is 5.97 Å². The number of aromatic nitrogens is 2. The van der Waals surface area contributed by atoms with Crippen molar-refractivity contribution in [1.82, 2.24) is 10.2 Å². The number of benzene rings is 1. The lowest BCUT2D eigenvalue weighted by molar-refractivity contribution is 0.0690. The molecule has 112 valence electrons. The number of hydrogen-bond donors (Lipinski definition) is 2. The Labute approximate surface area is 123 Å². The van der Waals surface area contributed by atoms with Crippen molar-refractivity contribution in [3.63, 3.8) is 0 Å². The summed E-state index contributed by atoms with van der Waals surface area (Å²) in [5.41, 5.74) is 1.07. The number of aromatic carboxylic acids is 1. The Morgan fingerprint density at radius 2 is 2.05 bits per heavy atom. The quantitative estimate of drug-likeness (QED) is 0.849. The van der Waals surface area contributed by atoms with E-state index in [0.29, 0.717) is 17.8 Å². The van der Waals surface area contributed by atoms with Crippen molar-refractivity contribution in [3.8, 4) is 0 Å². The lowest BCUT2D eigenvalue weighted by Gasteiger charge is -2.24. The van der Waals surface area contributed by atoms with E-state index in [1.54, 1.807) is 13.2 Å². The molecule has 0 aliphatic heterocycles. The predicted molar refractivity (Wildman–Crippen MR) is 80.6 cm³/mol. The molecule has 0 aliphatic carbocycles. The van der Waals surface area contributed by atoms with Crippen LogP contribution in [0.4, 0.5) is 5.69 Å². The maximum Gasteiger partial charge on any atom is 0.358 e. The first-order valence-corrected chi connectivity index (χ1v) is 6.78. The van der Waals surface area contributed by atoms with Crippen LogP contribution in [-0.2, 0) is 4.74 Å². The molecule has 1 unspecified atom stereocenters. The van der Waals surface area contributed by atoms with E-state index in [1.807, 2.05) is 32.0 Å². The fourth-order valence-electron chi connectivity index (χ4n) is 2.12. The highest BCUT2D eigenvalue weighted by Crippen LogP contribution is 2.26. The molecule has 2 aromatic rings. The van der Waals surface area contributed by atoms with Gasteiger partial charge >= 0.3 is 5.97 Å². The number of methoxy groups -OCH3 is 1. The molecule has 6 heteroatoms. The molecule has 1 aromatic carbocycles. The molecular formula is C15H19N3O3. The molecule has 6 nitrogen and oxygen atoms in total. The molecular weight excluding hydrogens is 270 g/mol. The molecule has 1 heterocycles. The summed E-state index contributed by atoms with van der Waals surface area (Å²) in [4.78, 5) is 11.4. The SMILES string of the molecule is COCC(Nc1c(C(=O)O)nnc2ccccc12)C(C)C. The van der Waals surface area contributed by atoms with Crippen LogP contribution in [0.5, 0.6) is 0 Å². The van der Waals surface area contributed by atoms with Gasteiger partial charge in [0.15, 0.2) is 5.69 Å². The Bertz CT molecular complexity index is 643. The average Bonchev–Trinajstić information content (AvgIpc) is 2.46. The lowest BCUT2D eigenvalue weighted by atomic mass is 10.0. The second kappa shape index (κ2) is 6.49. The summed E-state index contributed by atoms with van der Waals surface area (Å²) in [5, 5.41) is 21.1. The standard InChI is InChI=1S/C15H19N3O3/c1-9(2)12(8-21-3)16-13-10-6-4-5-7-11(10)17-18-14(13)15(19)20/h4-7,9,12H,8H2,1-3H3,(H,16,17)(H,19,20). The van der Waals surface area contributed by atoms with Gasteiger partial charge in [-0.3, -0.25) is 0 Å². The largest absolute Gasteiger partial charge is 0.476 e. The van der Waals surface area contributed by atoms with Gasteiger partial charge in [-0.25, -0.2) is 4.79 Å². The fourth-order valence-corrected chi connectivity index (χ4v) is 2.12. The Hall–Kier alpha value is -2.21. The van der Waals surface area contributed by atoms with Crippen molar-refractivity contribution in [3.05, 3.63) is 30.0 Å². The number of hydrogen-bond acceptors (Lipinski definition) is 5. The summed E-state index contributed by atoms with van der Waals surface area (Å²) in [6, 6.07) is 7.32. The highest BCUT2D eigenvalue weighted by Gasteiger charge is 2.21. The summed E-state index contributed by atoms with van der Waals surface area (Å²) < 4.78 is 5.20. The van der Waals surface area contributed by atoms with Crippen molar-refractivity contribution in [2.75, 3.05) is 19.0 Å². The topological polar surface area (TPSA) is 84.3 Å². The minimum Gasteiger partial charge on any atom is -0.476 e. The first kappa shape index (κ1) is 15.2. The highest BCUT2D eigenvalue weighted by molar-refractivity contribution is 6.02. The van der Waals surface area contributed by atoms with E-state index in [0.717, 1.165) is 5.39 Å². The number of nitrogens with one attached hydrogen (secondary N) is 1. The third kappa shape index (κ3) is 3.28. The molecule has 2 N–H and O–H groups in total. The van der Waals surface area contributed by atoms with E-state index >= 15 is 0 Å². The minimum absolute atomic E-state index is 0.0132. The molecule has 0 bridgehead atoms. The van der Waals surface area contributed by atoms with Crippen LogP contribution in [0.25, 0.3) is 10.9 Å². The van der Waals surface area contributed by atoms with Crippen molar-refractivity contribution in [2.45, 2.75) is 19.9 Å². The van der Waals surface area contributed by atoms with Gasteiger partial charge in [0.25, 0.3) is 0 Å². The van der Waals surface area contributed by atoms with Gasteiger partial charge in [0.2, 0.25) is 0 Å². The normalized spacial score (nSPS) is 12.6. The molecule has 0 saturated heterocycles. The molecule has 0 fully saturated rings. The summed E-state index contributed by atoms with van der Waals surface area (Å²) in [7, 11) is 1.62. The van der Waals surface area contributed by atoms with Gasteiger partial charge in [-0.1, -0.05) is 32.0 Å². The van der Waals surface area contributed by atoms with Crippen LogP contribution >= 0.6 is 0 Å². The van der Waals surface area contributed by atoms with Crippen LogP contribution in [0.2, 0.25) is 0 Å². The minimum atomic E-state index is -1.10. The van der Waals surface area contributed by atoms with Gasteiger partial charge in [-0.2, -0.15) is 0 Å². The molecule has 21 heavy (non-hydrogen) atoms. The van der Waals surface area contributed by atoms with Gasteiger partial charge in [0.05, 0.1) is 23.9 Å². The number of carbonyl (C=O) groups is 1. The molecule has 0 radical (unpaired) electrons. The van der Waals surface area contributed by atoms with Crippen molar-refractivity contribution >= 4 is 22.6 Å². The number of carboxylic acids is 1. The second-order valence-electron chi connectivity index (χ2n) is 5.20. The number of carboxylic acid groups (broad SMARTS) is 1. The van der Waals surface area contributed by atoms with Crippen LogP contribution < -0.4 is 5.32 Å². The zero-order valence-corrected chi connectivity index (χ0v) is 12.3. The fraction of sp³-hybridized carbons (Fsp3) is 0.400. The number of nitrogens with zero attached hydrogens (tertiary/aromatic N) is 2. The van der Waals surface area contributed by atoms with E-state index in [4.69, 9.17) is 4.74 Å². The van der Waals surface area contributed by atoms with Crippen LogP contribution in [0, 0.1) is 5.92 Å². The highest BCUT2D eigenvalue weighted by atomic mass is 16.5. The van der Waals surface area contributed by atoms with Crippen LogP contribution in [0.1, 0.15) is 24.3 Å². The van der Waals surface area contributed by atoms with Gasteiger partial charge in [0, 0.05) is 12.5 Å². The molecule has 0 aliphatic rings. The van der Waals surface area contributed by atoms with Crippen LogP contribution in [-0.4, -0.2) is 41.0 Å². The maximum atomic E-state index is 11.4. The molecule has 0 saturated carbocycles. The molecule has 0 spiro atoms. The predicted octanol–water partition coefficient (Wildman–Crippen LogP) is 2.41. The third-order valence-electron chi connectivity index (χ3n) is 3.35. The number of fused-ring (bicyclic) bond motifs is 1. The number of rotatable bonds is 6. The van der Waals surface area contributed by atoms with Crippen molar-refractivity contribution in [2.24, 2.45) is 5.92 Å². The molecule has 0 amide bonds. The first-order chi connectivity index (χ1) is 10.0. The van der Waals surface area contributed by atoms with Gasteiger partial charge in [-0.05, 0) is 12.0 Å². The van der Waals surface area contributed by atoms with Gasteiger partial charge < -0.3 is 15.2 Å². The maximum absolute atomic E-state index is 11.4. The van der Waals surface area contributed by atoms with E-state index in [2.05, 4.69) is 15.5 Å². The zero-order valence-electron chi connectivity index (χ0n) is 12.3. The Kier molecular flexibility index (Phi) is 4.70. The zero-order chi connectivity index (χ0) is 15.4. The number of anilines is 1. The van der Waals surface area contributed by atoms with Gasteiger partial charge in [-0.15, -0.1) is 10.2 Å². The summed E-state index contributed by atoms with van der Waals surface area (Å²) in [6.45, 7) is 4.58. The van der Waals surface area contributed by atoms with Crippen molar-refractivity contribution in [1.29, 1.82) is 0 Å². The smallest absolute Gasteiger partial charge is 0.358 e. The van der Waals surface area contributed by atoms with Crippen molar-refractivity contribution < 1.29 is 14.6 Å². The molecule has 1 atom stereocenters. The summed E-state index contributed by atoms with van der Waals surface area (Å²) in [5.74, 6) is -0.825. The molecule has 2 rings (SSSR count).